The summed E-state index contributed by atoms with van der Waals surface area (Å²) in [5.41, 5.74) is 6.63. The highest BCUT2D eigenvalue weighted by molar-refractivity contribution is 9.10. The number of rotatable bonds is 5. The Balaban J connectivity index is 2.59. The van der Waals surface area contributed by atoms with Gasteiger partial charge in [-0.2, -0.15) is 0 Å². The third kappa shape index (κ3) is 4.38. The molecule has 0 aliphatic heterocycles. The van der Waals surface area contributed by atoms with Gasteiger partial charge in [0.2, 0.25) is 5.91 Å². The molecule has 0 spiro atoms. The van der Waals surface area contributed by atoms with Gasteiger partial charge in [-0.05, 0) is 23.6 Å². The maximum atomic E-state index is 12.0. The van der Waals surface area contributed by atoms with Crippen molar-refractivity contribution in [1.82, 2.24) is 5.32 Å². The van der Waals surface area contributed by atoms with Gasteiger partial charge in [-0.25, -0.2) is 0 Å². The van der Waals surface area contributed by atoms with Gasteiger partial charge in [-0.3, -0.25) is 4.79 Å². The number of carbonyl (C=O) groups is 1. The molecule has 0 saturated carbocycles. The molecule has 1 aromatic rings. The van der Waals surface area contributed by atoms with Gasteiger partial charge in [-0.1, -0.05) is 54.1 Å². The topological polar surface area (TPSA) is 55.1 Å². The Hall–Kier alpha value is -0.940. The van der Waals surface area contributed by atoms with Gasteiger partial charge in [0.15, 0.2) is 0 Å². The van der Waals surface area contributed by atoms with Gasteiger partial charge in [-0.15, -0.1) is 0 Å². The minimum atomic E-state index is -0.407. The number of hydrogen-bond acceptors (Lipinski definition) is 2. The summed E-state index contributed by atoms with van der Waals surface area (Å²) >= 11 is 8.29. The van der Waals surface area contributed by atoms with E-state index in [1.165, 1.54) is 0 Å². The van der Waals surface area contributed by atoms with Crippen molar-refractivity contribution in [3.8, 4) is 0 Å². The molecule has 1 atom stereocenters. The number of thiocarbonyl (C=S) groups is 1. The molecule has 1 unspecified atom stereocenters. The lowest BCUT2D eigenvalue weighted by Gasteiger charge is -2.18. The molecule has 3 N–H and O–H groups in total. The Morgan fingerprint density at radius 3 is 2.39 bits per heavy atom. The van der Waals surface area contributed by atoms with Crippen LogP contribution in [0.2, 0.25) is 0 Å². The van der Waals surface area contributed by atoms with Crippen LogP contribution in [0.5, 0.6) is 0 Å². The van der Waals surface area contributed by atoms with Crippen LogP contribution < -0.4 is 11.1 Å². The van der Waals surface area contributed by atoms with Crippen LogP contribution in [0.25, 0.3) is 0 Å². The first-order chi connectivity index (χ1) is 8.41. The molecule has 1 rings (SSSR count). The molecule has 0 fully saturated rings. The quantitative estimate of drug-likeness (QED) is 0.817. The Morgan fingerprint density at radius 1 is 1.39 bits per heavy atom. The zero-order valence-electron chi connectivity index (χ0n) is 10.4. The Labute approximate surface area is 121 Å². The first-order valence-corrected chi connectivity index (χ1v) is 6.93. The zero-order chi connectivity index (χ0) is 13.7. The number of halogens is 1. The van der Waals surface area contributed by atoms with Crippen LogP contribution in [0.1, 0.15) is 19.4 Å². The van der Waals surface area contributed by atoms with E-state index >= 15 is 0 Å². The monoisotopic (exact) mass is 328 g/mol. The van der Waals surface area contributed by atoms with E-state index in [-0.39, 0.29) is 16.8 Å². The van der Waals surface area contributed by atoms with Crippen molar-refractivity contribution < 1.29 is 4.79 Å². The van der Waals surface area contributed by atoms with E-state index in [1.807, 2.05) is 38.1 Å². The molecule has 0 aliphatic rings. The number of nitrogens with one attached hydrogen (secondary N) is 1. The smallest absolute Gasteiger partial charge is 0.230 e. The summed E-state index contributed by atoms with van der Waals surface area (Å²) in [5.74, 6) is -0.414. The largest absolute Gasteiger partial charge is 0.393 e. The van der Waals surface area contributed by atoms with Crippen LogP contribution in [0.3, 0.4) is 0 Å². The van der Waals surface area contributed by atoms with E-state index in [0.717, 1.165) is 10.0 Å². The highest BCUT2D eigenvalue weighted by Crippen LogP contribution is 2.13. The van der Waals surface area contributed by atoms with E-state index in [4.69, 9.17) is 18.0 Å². The second-order valence-electron chi connectivity index (χ2n) is 4.47. The number of amides is 1. The van der Waals surface area contributed by atoms with Crippen LogP contribution in [0.15, 0.2) is 28.7 Å². The molecular formula is C13H17BrN2OS. The number of nitrogens with two attached hydrogens (primary N) is 1. The summed E-state index contributed by atoms with van der Waals surface area (Å²) in [6.07, 6.45) is 0. The van der Waals surface area contributed by atoms with Gasteiger partial charge < -0.3 is 11.1 Å². The third-order valence-corrected chi connectivity index (χ3v) is 3.42. The molecule has 1 amide bonds. The van der Waals surface area contributed by atoms with Crippen LogP contribution in [-0.2, 0) is 11.3 Å². The summed E-state index contributed by atoms with van der Waals surface area (Å²) in [7, 11) is 0. The van der Waals surface area contributed by atoms with Gasteiger partial charge in [0, 0.05) is 11.0 Å². The van der Waals surface area contributed by atoms with Crippen molar-refractivity contribution in [2.24, 2.45) is 17.6 Å². The second kappa shape index (κ2) is 6.85. The lowest BCUT2D eigenvalue weighted by atomic mass is 9.95. The van der Waals surface area contributed by atoms with Crippen molar-refractivity contribution in [1.29, 1.82) is 0 Å². The molecule has 1 aromatic carbocycles. The van der Waals surface area contributed by atoms with Gasteiger partial charge in [0.05, 0.1) is 10.9 Å². The summed E-state index contributed by atoms with van der Waals surface area (Å²) in [5, 5.41) is 2.86. The van der Waals surface area contributed by atoms with Crippen LogP contribution in [-0.4, -0.2) is 10.9 Å². The molecule has 0 aliphatic carbocycles. The average Bonchev–Trinajstić information content (AvgIpc) is 2.27. The molecule has 18 heavy (non-hydrogen) atoms. The van der Waals surface area contributed by atoms with Crippen LogP contribution in [0.4, 0.5) is 0 Å². The molecule has 0 radical (unpaired) electrons. The van der Waals surface area contributed by atoms with E-state index < -0.39 is 5.92 Å². The van der Waals surface area contributed by atoms with Crippen molar-refractivity contribution in [3.05, 3.63) is 34.3 Å². The van der Waals surface area contributed by atoms with Gasteiger partial charge in [0.1, 0.15) is 0 Å². The Morgan fingerprint density at radius 2 is 1.94 bits per heavy atom. The highest BCUT2D eigenvalue weighted by Gasteiger charge is 2.24. The Bertz CT molecular complexity index is 431. The SMILES string of the molecule is CC(C)C(C(=O)NCc1ccc(Br)cc1)C(N)=S. The Kier molecular flexibility index (Phi) is 5.75. The van der Waals surface area contributed by atoms with E-state index in [2.05, 4.69) is 21.2 Å². The number of hydrogen-bond donors (Lipinski definition) is 2. The van der Waals surface area contributed by atoms with Gasteiger partial charge in [0.25, 0.3) is 0 Å². The average molecular weight is 329 g/mol. The number of benzene rings is 1. The summed E-state index contributed by atoms with van der Waals surface area (Å²) < 4.78 is 1.01. The normalized spacial score (nSPS) is 12.2. The zero-order valence-corrected chi connectivity index (χ0v) is 12.8. The number of carbonyl (C=O) groups excluding carboxylic acids is 1. The molecular weight excluding hydrogens is 312 g/mol. The first-order valence-electron chi connectivity index (χ1n) is 5.73. The highest BCUT2D eigenvalue weighted by atomic mass is 79.9. The van der Waals surface area contributed by atoms with E-state index in [0.29, 0.717) is 6.54 Å². The van der Waals surface area contributed by atoms with Crippen LogP contribution in [0, 0.1) is 11.8 Å². The molecule has 0 bridgehead atoms. The molecule has 0 aromatic heterocycles. The van der Waals surface area contributed by atoms with Crippen LogP contribution >= 0.6 is 28.1 Å². The minimum Gasteiger partial charge on any atom is -0.393 e. The first kappa shape index (κ1) is 15.1. The maximum Gasteiger partial charge on any atom is 0.230 e. The van der Waals surface area contributed by atoms with Crippen molar-refractivity contribution >= 4 is 39.0 Å². The third-order valence-electron chi connectivity index (χ3n) is 2.64. The predicted molar refractivity (Wildman–Crippen MR) is 81.1 cm³/mol. The summed E-state index contributed by atoms with van der Waals surface area (Å²) in [6.45, 7) is 4.35. The lowest BCUT2D eigenvalue weighted by Crippen LogP contribution is -2.40. The minimum absolute atomic E-state index is 0.104. The fraction of sp³-hybridized carbons (Fsp3) is 0.385. The van der Waals surface area contributed by atoms with Crippen molar-refractivity contribution in [3.63, 3.8) is 0 Å². The van der Waals surface area contributed by atoms with Crippen molar-refractivity contribution in [2.45, 2.75) is 20.4 Å². The second-order valence-corrected chi connectivity index (χ2v) is 5.86. The fourth-order valence-corrected chi connectivity index (χ4v) is 2.31. The lowest BCUT2D eigenvalue weighted by molar-refractivity contribution is -0.124. The van der Waals surface area contributed by atoms with Crippen molar-refractivity contribution in [2.75, 3.05) is 0 Å². The van der Waals surface area contributed by atoms with E-state index in [1.54, 1.807) is 0 Å². The fourth-order valence-electron chi connectivity index (χ4n) is 1.66. The summed E-state index contributed by atoms with van der Waals surface area (Å²) in [4.78, 5) is 12.2. The molecule has 0 saturated heterocycles. The maximum absolute atomic E-state index is 12.0. The molecule has 3 nitrogen and oxygen atoms in total. The molecule has 0 heterocycles. The molecule has 5 heteroatoms. The predicted octanol–water partition coefficient (Wildman–Crippen LogP) is 2.62. The van der Waals surface area contributed by atoms with Gasteiger partial charge >= 0.3 is 0 Å². The van der Waals surface area contributed by atoms with E-state index in [9.17, 15) is 4.79 Å². The molecule has 98 valence electrons. The summed E-state index contributed by atoms with van der Waals surface area (Å²) in [6, 6.07) is 7.79. The standard InChI is InChI=1S/C13H17BrN2OS/c1-8(2)11(12(15)18)13(17)16-7-9-3-5-10(14)6-4-9/h3-6,8,11H,7H2,1-2H3,(H2,15,18)(H,16,17).